The zero-order valence-electron chi connectivity index (χ0n) is 26.2. The standard InChI is InChI=1S/C32H38N4O8S/c1-14-7-18-8-21-22(10-33)36-15(2)11-41-32(39)20(34)12-45-31(26(36)25(35(21)5)24(18)27(38)28(14)40-6)19-9-23-30(43-13-42-23)16(3)29(19)44-17(4)37/h7,9,15,20-22,25-26,31,38H,8,11-13,34H2,1-6H3/t15?,20?,21?,22-,25?,26+,31?/m0/s1. The van der Waals surface area contributed by atoms with Crippen LogP contribution in [0.2, 0.25) is 0 Å². The van der Waals surface area contributed by atoms with E-state index in [0.29, 0.717) is 46.1 Å². The van der Waals surface area contributed by atoms with Crippen LogP contribution >= 0.6 is 11.8 Å². The molecule has 13 heteroatoms. The first kappa shape index (κ1) is 31.3. The number of benzene rings is 2. The van der Waals surface area contributed by atoms with E-state index in [-0.39, 0.29) is 30.9 Å². The van der Waals surface area contributed by atoms with Gasteiger partial charge in [-0.2, -0.15) is 5.26 Å². The molecule has 0 amide bonds. The van der Waals surface area contributed by atoms with Crippen molar-refractivity contribution in [3.63, 3.8) is 0 Å². The summed E-state index contributed by atoms with van der Waals surface area (Å²) in [7, 11) is 3.50. The van der Waals surface area contributed by atoms with E-state index in [1.54, 1.807) is 6.92 Å². The zero-order chi connectivity index (χ0) is 32.3. The number of piperazine rings is 1. The third-order valence-corrected chi connectivity index (χ3v) is 10.9. The number of phenolic OH excluding ortho intramolecular Hbond substituents is 1. The molecule has 6 rings (SSSR count). The van der Waals surface area contributed by atoms with E-state index in [9.17, 15) is 20.0 Å². The van der Waals surface area contributed by atoms with Gasteiger partial charge in [-0.1, -0.05) is 6.07 Å². The SMILES string of the molecule is COc1c(C)cc2c(c1O)C1[C@@H]3C(c4cc5c(c(C)c4OC(C)=O)OCO5)SCC(N)C(=O)OCC(C)N3[C@@H](C#N)C(C2)N1C. The Morgan fingerprint density at radius 1 is 1.22 bits per heavy atom. The van der Waals surface area contributed by atoms with Crippen LogP contribution in [0.1, 0.15) is 53.0 Å². The van der Waals surface area contributed by atoms with Crippen molar-refractivity contribution in [1.29, 1.82) is 5.26 Å². The van der Waals surface area contributed by atoms with E-state index in [0.717, 1.165) is 11.1 Å². The van der Waals surface area contributed by atoms with Gasteiger partial charge in [0.15, 0.2) is 23.0 Å². The van der Waals surface area contributed by atoms with Crippen molar-refractivity contribution >= 4 is 23.7 Å². The molecule has 0 spiro atoms. The number of methoxy groups -OCH3 is 1. The highest BCUT2D eigenvalue weighted by atomic mass is 32.2. The summed E-state index contributed by atoms with van der Waals surface area (Å²) >= 11 is 1.42. The number of cyclic esters (lactones) is 1. The third kappa shape index (κ3) is 5.04. The number of nitrogens with zero attached hydrogens (tertiary/aromatic N) is 3. The largest absolute Gasteiger partial charge is 0.504 e. The molecule has 240 valence electrons. The van der Waals surface area contributed by atoms with Crippen LogP contribution in [0, 0.1) is 25.2 Å². The predicted molar refractivity (Wildman–Crippen MR) is 165 cm³/mol. The number of fused-ring (bicyclic) bond motifs is 7. The number of nitriles is 1. The summed E-state index contributed by atoms with van der Waals surface area (Å²) < 4.78 is 28.8. The van der Waals surface area contributed by atoms with E-state index < -0.39 is 47.4 Å². The normalized spacial score (nSPS) is 29.6. The van der Waals surface area contributed by atoms with Crippen molar-refractivity contribution in [2.75, 3.05) is 33.3 Å². The van der Waals surface area contributed by atoms with Crippen LogP contribution in [-0.2, 0) is 20.7 Å². The average Bonchev–Trinajstić information content (AvgIpc) is 3.47. The maximum absolute atomic E-state index is 12.9. The van der Waals surface area contributed by atoms with Gasteiger partial charge in [-0.05, 0) is 51.4 Å². The first-order chi connectivity index (χ1) is 21.5. The van der Waals surface area contributed by atoms with Gasteiger partial charge in [-0.15, -0.1) is 11.8 Å². The summed E-state index contributed by atoms with van der Waals surface area (Å²) in [5, 5.41) is 22.0. The van der Waals surface area contributed by atoms with Crippen molar-refractivity contribution < 1.29 is 38.4 Å². The van der Waals surface area contributed by atoms with E-state index in [2.05, 4.69) is 15.9 Å². The summed E-state index contributed by atoms with van der Waals surface area (Å²) in [5.74, 6) is 0.904. The lowest BCUT2D eigenvalue weighted by Crippen LogP contribution is -2.69. The molecular formula is C32H38N4O8S. The Morgan fingerprint density at radius 3 is 2.67 bits per heavy atom. The molecule has 4 aliphatic heterocycles. The van der Waals surface area contributed by atoms with E-state index in [4.69, 9.17) is 29.4 Å². The number of ether oxygens (including phenoxy) is 5. The molecular weight excluding hydrogens is 600 g/mol. The number of phenols is 1. The summed E-state index contributed by atoms with van der Waals surface area (Å²) in [6, 6.07) is 3.31. The number of hydrogen-bond donors (Lipinski definition) is 2. The molecule has 3 N–H and O–H groups in total. The van der Waals surface area contributed by atoms with Gasteiger partial charge in [-0.3, -0.25) is 19.4 Å². The number of nitrogens with two attached hydrogens (primary N) is 1. The van der Waals surface area contributed by atoms with Crippen LogP contribution in [0.15, 0.2) is 12.1 Å². The monoisotopic (exact) mass is 638 g/mol. The van der Waals surface area contributed by atoms with Gasteiger partial charge in [0, 0.05) is 47.5 Å². The minimum atomic E-state index is -0.917. The quantitative estimate of drug-likeness (QED) is 0.374. The number of esters is 2. The minimum Gasteiger partial charge on any atom is -0.504 e. The van der Waals surface area contributed by atoms with Crippen molar-refractivity contribution in [1.82, 2.24) is 9.80 Å². The molecule has 45 heavy (non-hydrogen) atoms. The van der Waals surface area contributed by atoms with E-state index in [1.807, 2.05) is 33.0 Å². The molecule has 2 saturated heterocycles. The molecule has 4 heterocycles. The molecule has 5 unspecified atom stereocenters. The molecule has 2 fully saturated rings. The molecule has 2 aromatic carbocycles. The first-order valence-electron chi connectivity index (χ1n) is 14.9. The van der Waals surface area contributed by atoms with Crippen molar-refractivity contribution in [3.8, 4) is 34.8 Å². The number of carbonyl (C=O) groups excluding carboxylic acids is 2. The van der Waals surface area contributed by atoms with Gasteiger partial charge in [0.05, 0.1) is 24.5 Å². The van der Waals surface area contributed by atoms with Crippen LogP contribution < -0.4 is 24.7 Å². The molecule has 4 aliphatic rings. The van der Waals surface area contributed by atoms with Crippen LogP contribution in [0.3, 0.4) is 0 Å². The maximum Gasteiger partial charge on any atom is 0.323 e. The maximum atomic E-state index is 12.9. The van der Waals surface area contributed by atoms with Gasteiger partial charge in [0.2, 0.25) is 6.79 Å². The minimum absolute atomic E-state index is 0.0180. The number of rotatable bonds is 3. The lowest BCUT2D eigenvalue weighted by molar-refractivity contribution is -0.149. The van der Waals surface area contributed by atoms with Gasteiger partial charge in [0.1, 0.15) is 24.4 Å². The molecule has 0 aliphatic carbocycles. The van der Waals surface area contributed by atoms with Crippen molar-refractivity contribution in [2.45, 2.75) is 75.6 Å². The number of thioether (sulfide) groups is 1. The second-order valence-corrected chi connectivity index (χ2v) is 13.3. The highest BCUT2D eigenvalue weighted by Gasteiger charge is 2.56. The molecule has 7 atom stereocenters. The van der Waals surface area contributed by atoms with E-state index >= 15 is 0 Å². The van der Waals surface area contributed by atoms with Gasteiger partial charge >= 0.3 is 11.9 Å². The molecule has 0 aromatic heterocycles. The summed E-state index contributed by atoms with van der Waals surface area (Å²) in [5.41, 5.74) is 10.0. The Hall–Kier alpha value is -3.70. The zero-order valence-corrected chi connectivity index (χ0v) is 27.0. The van der Waals surface area contributed by atoms with Crippen LogP contribution in [0.25, 0.3) is 0 Å². The van der Waals surface area contributed by atoms with Crippen molar-refractivity contribution in [3.05, 3.63) is 39.9 Å². The number of hydrogen-bond acceptors (Lipinski definition) is 13. The summed E-state index contributed by atoms with van der Waals surface area (Å²) in [6.45, 7) is 7.00. The number of aromatic hydroxyl groups is 1. The lowest BCUT2D eigenvalue weighted by Gasteiger charge is -2.59. The van der Waals surface area contributed by atoms with E-state index in [1.165, 1.54) is 25.8 Å². The Balaban J connectivity index is 1.65. The first-order valence-corrected chi connectivity index (χ1v) is 16.0. The smallest absolute Gasteiger partial charge is 0.323 e. The Labute approximate surface area is 266 Å². The van der Waals surface area contributed by atoms with Crippen LogP contribution in [0.4, 0.5) is 0 Å². The molecule has 2 aromatic rings. The van der Waals surface area contributed by atoms with Crippen LogP contribution in [-0.4, -0.2) is 90.4 Å². The van der Waals surface area contributed by atoms with Gasteiger partial charge < -0.3 is 34.5 Å². The fraction of sp³-hybridized carbons (Fsp3) is 0.531. The highest BCUT2D eigenvalue weighted by Crippen LogP contribution is 2.57. The van der Waals surface area contributed by atoms with Crippen LogP contribution in [0.5, 0.6) is 28.7 Å². The van der Waals surface area contributed by atoms with Crippen molar-refractivity contribution in [2.24, 2.45) is 5.73 Å². The second kappa shape index (κ2) is 11.9. The Bertz CT molecular complexity index is 1590. The second-order valence-electron chi connectivity index (χ2n) is 12.1. The topological polar surface area (TPSA) is 157 Å². The Morgan fingerprint density at radius 2 is 1.98 bits per heavy atom. The Kier molecular flexibility index (Phi) is 8.28. The highest BCUT2D eigenvalue weighted by molar-refractivity contribution is 7.99. The summed E-state index contributed by atoms with van der Waals surface area (Å²) in [4.78, 5) is 29.7. The molecule has 0 radical (unpaired) electrons. The molecule has 2 bridgehead atoms. The fourth-order valence-electron chi connectivity index (χ4n) is 7.49. The molecule has 12 nitrogen and oxygen atoms in total. The predicted octanol–water partition coefficient (Wildman–Crippen LogP) is 2.89. The lowest BCUT2D eigenvalue weighted by atomic mass is 9.74. The number of aryl methyl sites for hydroxylation is 1. The third-order valence-electron chi connectivity index (χ3n) is 9.41. The number of carbonyl (C=O) groups is 2. The van der Waals surface area contributed by atoms with Gasteiger partial charge in [-0.25, -0.2) is 0 Å². The molecule has 0 saturated carbocycles. The average molecular weight is 639 g/mol. The summed E-state index contributed by atoms with van der Waals surface area (Å²) in [6.07, 6.45) is 0.527. The number of likely N-dealkylation sites (N-methyl/N-ethyl adjacent to an activating group) is 1. The fourth-order valence-corrected chi connectivity index (χ4v) is 8.88. The van der Waals surface area contributed by atoms with Gasteiger partial charge in [0.25, 0.3) is 0 Å².